The molecule has 1 aliphatic rings. The lowest BCUT2D eigenvalue weighted by Gasteiger charge is -2.29. The zero-order chi connectivity index (χ0) is 14.0. The van der Waals surface area contributed by atoms with Crippen molar-refractivity contribution in [1.82, 2.24) is 5.32 Å². The summed E-state index contributed by atoms with van der Waals surface area (Å²) in [6.07, 6.45) is 1.90. The number of nitrogens with one attached hydrogen (secondary N) is 1. The summed E-state index contributed by atoms with van der Waals surface area (Å²) in [4.78, 5) is 11.5. The van der Waals surface area contributed by atoms with Crippen molar-refractivity contribution in [3.63, 3.8) is 0 Å². The van der Waals surface area contributed by atoms with E-state index < -0.39 is 11.5 Å². The Hall–Kier alpha value is -1.55. The van der Waals surface area contributed by atoms with Gasteiger partial charge in [0, 0.05) is 0 Å². The molecule has 0 spiro atoms. The lowest BCUT2D eigenvalue weighted by atomic mass is 9.94. The van der Waals surface area contributed by atoms with Gasteiger partial charge in [0.25, 0.3) is 0 Å². The molecule has 19 heavy (non-hydrogen) atoms. The molecule has 1 atom stereocenters. The summed E-state index contributed by atoms with van der Waals surface area (Å²) in [7, 11) is 1.69. The van der Waals surface area contributed by atoms with Gasteiger partial charge in [-0.25, -0.2) is 0 Å². The Kier molecular flexibility index (Phi) is 3.80. The van der Waals surface area contributed by atoms with E-state index in [1.165, 1.54) is 5.56 Å². The van der Waals surface area contributed by atoms with Crippen LogP contribution in [-0.4, -0.2) is 30.3 Å². The number of carboxylic acid groups (broad SMARTS) is 1. The van der Waals surface area contributed by atoms with E-state index in [2.05, 4.69) is 5.32 Å². The van der Waals surface area contributed by atoms with Crippen LogP contribution in [0.25, 0.3) is 0 Å². The molecule has 1 fully saturated rings. The van der Waals surface area contributed by atoms with Crippen LogP contribution in [0.3, 0.4) is 0 Å². The first-order valence-corrected chi connectivity index (χ1v) is 6.62. The minimum Gasteiger partial charge on any atom is -0.491 e. The molecule has 1 saturated carbocycles. The van der Waals surface area contributed by atoms with Crippen molar-refractivity contribution in [2.45, 2.75) is 32.2 Å². The van der Waals surface area contributed by atoms with Crippen molar-refractivity contribution in [3.05, 3.63) is 29.3 Å². The van der Waals surface area contributed by atoms with Crippen LogP contribution in [0.2, 0.25) is 0 Å². The average molecular weight is 263 g/mol. The average Bonchev–Trinajstić information content (AvgIpc) is 3.19. The van der Waals surface area contributed by atoms with Crippen LogP contribution < -0.4 is 10.1 Å². The number of rotatable bonds is 6. The summed E-state index contributed by atoms with van der Waals surface area (Å²) >= 11 is 0. The van der Waals surface area contributed by atoms with Crippen LogP contribution in [0.4, 0.5) is 0 Å². The van der Waals surface area contributed by atoms with Gasteiger partial charge in [0.1, 0.15) is 12.4 Å². The summed E-state index contributed by atoms with van der Waals surface area (Å²) < 4.78 is 5.72. The lowest BCUT2D eigenvalue weighted by Crippen LogP contribution is -2.56. The number of likely N-dealkylation sites (N-methyl/N-ethyl adjacent to an activating group) is 1. The molecule has 0 radical (unpaired) electrons. The van der Waals surface area contributed by atoms with E-state index in [9.17, 15) is 9.90 Å². The van der Waals surface area contributed by atoms with Crippen LogP contribution in [0, 0.1) is 19.8 Å². The van der Waals surface area contributed by atoms with Crippen LogP contribution >= 0.6 is 0 Å². The van der Waals surface area contributed by atoms with Gasteiger partial charge in [-0.2, -0.15) is 0 Å². The maximum absolute atomic E-state index is 11.5. The molecular formula is C15H21NO3. The van der Waals surface area contributed by atoms with Gasteiger partial charge in [-0.1, -0.05) is 6.07 Å². The second-order valence-electron chi connectivity index (χ2n) is 5.34. The van der Waals surface area contributed by atoms with Crippen molar-refractivity contribution in [1.29, 1.82) is 0 Å². The minimum atomic E-state index is -0.960. The SMILES string of the molecule is CNC(COc1ccc(C)c(C)c1)(C(=O)O)C1CC1. The number of aryl methyl sites for hydroxylation is 2. The highest BCUT2D eigenvalue weighted by molar-refractivity contribution is 5.80. The molecular weight excluding hydrogens is 242 g/mol. The quantitative estimate of drug-likeness (QED) is 0.825. The van der Waals surface area contributed by atoms with Gasteiger partial charge in [0.2, 0.25) is 0 Å². The Balaban J connectivity index is 2.10. The van der Waals surface area contributed by atoms with E-state index in [1.54, 1.807) is 7.05 Å². The number of benzene rings is 1. The predicted molar refractivity (Wildman–Crippen MR) is 73.6 cm³/mol. The molecule has 4 nitrogen and oxygen atoms in total. The summed E-state index contributed by atoms with van der Waals surface area (Å²) in [6, 6.07) is 5.83. The predicted octanol–water partition coefficient (Wildman–Crippen LogP) is 2.14. The summed E-state index contributed by atoms with van der Waals surface area (Å²) in [5.41, 5.74) is 1.39. The van der Waals surface area contributed by atoms with Crippen molar-refractivity contribution in [2.75, 3.05) is 13.7 Å². The molecule has 0 aromatic heterocycles. The smallest absolute Gasteiger partial charge is 0.327 e. The normalized spacial score (nSPS) is 17.8. The van der Waals surface area contributed by atoms with Gasteiger partial charge < -0.3 is 15.2 Å². The van der Waals surface area contributed by atoms with Crippen molar-refractivity contribution >= 4 is 5.97 Å². The number of carboxylic acids is 1. The third kappa shape index (κ3) is 2.73. The van der Waals surface area contributed by atoms with Gasteiger partial charge in [-0.15, -0.1) is 0 Å². The Bertz CT molecular complexity index is 482. The van der Waals surface area contributed by atoms with E-state index in [4.69, 9.17) is 4.74 Å². The molecule has 1 aromatic carbocycles. The van der Waals surface area contributed by atoms with Crippen molar-refractivity contribution < 1.29 is 14.6 Å². The molecule has 1 aliphatic carbocycles. The van der Waals surface area contributed by atoms with Gasteiger partial charge in [-0.3, -0.25) is 4.79 Å². The maximum Gasteiger partial charge on any atom is 0.327 e. The third-order valence-electron chi connectivity index (χ3n) is 4.05. The number of carbonyl (C=O) groups is 1. The first-order chi connectivity index (χ1) is 8.99. The zero-order valence-corrected chi connectivity index (χ0v) is 11.7. The van der Waals surface area contributed by atoms with Gasteiger partial charge in [0.05, 0.1) is 0 Å². The molecule has 0 amide bonds. The number of ether oxygens (including phenoxy) is 1. The molecule has 2 rings (SSSR count). The Morgan fingerprint density at radius 1 is 1.42 bits per heavy atom. The first kappa shape index (κ1) is 13.9. The van der Waals surface area contributed by atoms with Crippen molar-refractivity contribution in [3.8, 4) is 5.75 Å². The lowest BCUT2D eigenvalue weighted by molar-refractivity contribution is -0.147. The Morgan fingerprint density at radius 2 is 2.11 bits per heavy atom. The van der Waals surface area contributed by atoms with Gasteiger partial charge in [0.15, 0.2) is 5.54 Å². The highest BCUT2D eigenvalue weighted by Gasteiger charge is 2.51. The molecule has 0 saturated heterocycles. The second kappa shape index (κ2) is 5.21. The molecule has 104 valence electrons. The second-order valence-corrected chi connectivity index (χ2v) is 5.34. The fourth-order valence-electron chi connectivity index (χ4n) is 2.31. The highest BCUT2D eigenvalue weighted by Crippen LogP contribution is 2.40. The van der Waals surface area contributed by atoms with Crippen LogP contribution in [0.15, 0.2) is 18.2 Å². The first-order valence-electron chi connectivity index (χ1n) is 6.62. The fourth-order valence-corrected chi connectivity index (χ4v) is 2.31. The zero-order valence-electron chi connectivity index (χ0n) is 11.7. The number of aliphatic carboxylic acids is 1. The molecule has 1 aromatic rings. The van der Waals surface area contributed by atoms with Gasteiger partial charge >= 0.3 is 5.97 Å². The van der Waals surface area contributed by atoms with E-state index in [0.29, 0.717) is 0 Å². The highest BCUT2D eigenvalue weighted by atomic mass is 16.5. The van der Waals surface area contributed by atoms with E-state index in [-0.39, 0.29) is 12.5 Å². The molecule has 4 heteroatoms. The summed E-state index contributed by atoms with van der Waals surface area (Å²) in [6.45, 7) is 4.22. The Labute approximate surface area is 113 Å². The molecule has 0 aliphatic heterocycles. The molecule has 0 heterocycles. The topological polar surface area (TPSA) is 58.6 Å². The molecule has 1 unspecified atom stereocenters. The monoisotopic (exact) mass is 263 g/mol. The van der Waals surface area contributed by atoms with Crippen LogP contribution in [0.1, 0.15) is 24.0 Å². The molecule has 2 N–H and O–H groups in total. The minimum absolute atomic E-state index is 0.159. The third-order valence-corrected chi connectivity index (χ3v) is 4.05. The number of hydrogen-bond acceptors (Lipinski definition) is 3. The van der Waals surface area contributed by atoms with E-state index in [1.807, 2.05) is 32.0 Å². The largest absolute Gasteiger partial charge is 0.491 e. The number of hydrogen-bond donors (Lipinski definition) is 2. The van der Waals surface area contributed by atoms with Crippen molar-refractivity contribution in [2.24, 2.45) is 5.92 Å². The summed E-state index contributed by atoms with van der Waals surface area (Å²) in [5, 5.41) is 12.4. The van der Waals surface area contributed by atoms with Gasteiger partial charge in [-0.05, 0) is 62.9 Å². The van der Waals surface area contributed by atoms with Crippen LogP contribution in [0.5, 0.6) is 5.75 Å². The van der Waals surface area contributed by atoms with Crippen LogP contribution in [-0.2, 0) is 4.79 Å². The fraction of sp³-hybridized carbons (Fsp3) is 0.533. The summed E-state index contributed by atoms with van der Waals surface area (Å²) in [5.74, 6) is 0.0625. The molecule has 0 bridgehead atoms. The maximum atomic E-state index is 11.5. The van der Waals surface area contributed by atoms with E-state index >= 15 is 0 Å². The standard InChI is InChI=1S/C15H21NO3/c1-10-4-7-13(8-11(10)2)19-9-15(16-3,14(17)18)12-5-6-12/h4,7-8,12,16H,5-6,9H2,1-3H3,(H,17,18). The van der Waals surface area contributed by atoms with E-state index in [0.717, 1.165) is 24.2 Å². The Morgan fingerprint density at radius 3 is 2.58 bits per heavy atom.